The molecule has 0 radical (unpaired) electrons. The maximum Gasteiger partial charge on any atom is 0.229 e. The third-order valence-corrected chi connectivity index (χ3v) is 5.44. The second-order valence-corrected chi connectivity index (χ2v) is 9.69. The molecule has 1 unspecified atom stereocenters. The highest BCUT2D eigenvalue weighted by atomic mass is 16.7. The van der Waals surface area contributed by atoms with Crippen molar-refractivity contribution in [2.45, 2.75) is 88.6 Å². The summed E-state index contributed by atoms with van der Waals surface area (Å²) in [5, 5.41) is 9.53. The second kappa shape index (κ2) is 21.2. The molecule has 0 saturated heterocycles. The largest absolute Gasteiger partial charge is 0.475 e. The summed E-state index contributed by atoms with van der Waals surface area (Å²) in [5.41, 5.74) is 4.65. The fourth-order valence-electron chi connectivity index (χ4n) is 3.86. The summed E-state index contributed by atoms with van der Waals surface area (Å²) in [6, 6.07) is 5.67. The van der Waals surface area contributed by atoms with Gasteiger partial charge in [-0.15, -0.1) is 0 Å². The zero-order chi connectivity index (χ0) is 33.1. The monoisotopic (exact) mass is 614 g/mol. The number of hydrogen-bond acceptors (Lipinski definition) is 12. The van der Waals surface area contributed by atoms with Gasteiger partial charge in [0.1, 0.15) is 24.1 Å². The van der Waals surface area contributed by atoms with Crippen LogP contribution < -0.4 is 4.74 Å². The van der Waals surface area contributed by atoms with Crippen LogP contribution in [0.2, 0.25) is 0 Å². The van der Waals surface area contributed by atoms with E-state index in [2.05, 4.69) is 29.9 Å². The van der Waals surface area contributed by atoms with Crippen LogP contribution in [-0.4, -0.2) is 80.4 Å². The Morgan fingerprint density at radius 2 is 1.23 bits per heavy atom. The Morgan fingerprint density at radius 3 is 1.73 bits per heavy atom. The number of aliphatic hydroxyl groups is 1. The molecule has 4 aromatic heterocycles. The smallest absolute Gasteiger partial charge is 0.229 e. The SMILES string of the molecule is CCOC(C)COc1cc(C)nc(C)n1.CCOC(CO)OCC.Cc1cc(C)nc(C)n1.Cc1nc(C)c2ccoc2n1. The molecule has 44 heavy (non-hydrogen) atoms. The summed E-state index contributed by atoms with van der Waals surface area (Å²) in [4.78, 5) is 24.9. The lowest BCUT2D eigenvalue weighted by atomic mass is 10.3. The Labute approximate surface area is 261 Å². The van der Waals surface area contributed by atoms with Gasteiger partial charge in [0.25, 0.3) is 0 Å². The predicted molar refractivity (Wildman–Crippen MR) is 170 cm³/mol. The van der Waals surface area contributed by atoms with Gasteiger partial charge >= 0.3 is 0 Å². The zero-order valence-corrected chi connectivity index (χ0v) is 28.2. The van der Waals surface area contributed by atoms with E-state index in [0.717, 1.165) is 45.6 Å². The van der Waals surface area contributed by atoms with Crippen molar-refractivity contribution in [1.29, 1.82) is 0 Å². The fourth-order valence-corrected chi connectivity index (χ4v) is 3.86. The highest BCUT2D eigenvalue weighted by molar-refractivity contribution is 5.75. The van der Waals surface area contributed by atoms with Crippen molar-refractivity contribution in [1.82, 2.24) is 29.9 Å². The van der Waals surface area contributed by atoms with Crippen LogP contribution >= 0.6 is 0 Å². The standard InChI is InChI=1S/C11H18N2O2.C8H8N2O.C7H10N2.C6H14O3/c1-5-14-9(3)7-15-11-6-8(2)12-10(4)13-11;1-5-7-3-4-11-8(7)10-6(2)9-5;1-5-4-6(2)9-7(3)8-5;1-3-8-6(5-7)9-4-2/h6,9H,5,7H2,1-4H3;3-4H,1-2H3;4H,1-3H3;6-7H,3-5H2,1-2H3. The van der Waals surface area contributed by atoms with Gasteiger partial charge in [-0.25, -0.2) is 19.9 Å². The lowest BCUT2D eigenvalue weighted by Gasteiger charge is -2.12. The van der Waals surface area contributed by atoms with Crippen molar-refractivity contribution in [2.24, 2.45) is 0 Å². The summed E-state index contributed by atoms with van der Waals surface area (Å²) in [6.45, 7) is 23.4. The normalized spacial score (nSPS) is 11.1. The van der Waals surface area contributed by atoms with Gasteiger partial charge in [0, 0.05) is 43.0 Å². The molecule has 1 atom stereocenters. The highest BCUT2D eigenvalue weighted by Gasteiger charge is 2.05. The molecule has 0 aromatic carbocycles. The summed E-state index contributed by atoms with van der Waals surface area (Å²) in [6.07, 6.45) is 1.29. The van der Waals surface area contributed by atoms with Gasteiger partial charge in [-0.2, -0.15) is 9.97 Å². The lowest BCUT2D eigenvalue weighted by Crippen LogP contribution is -2.21. The number of furan rings is 1. The molecule has 0 amide bonds. The van der Waals surface area contributed by atoms with Crippen LogP contribution in [0, 0.1) is 48.5 Å². The molecule has 12 heteroatoms. The van der Waals surface area contributed by atoms with Crippen LogP contribution in [0.4, 0.5) is 0 Å². The average Bonchev–Trinajstić information content (AvgIpc) is 3.41. The first-order chi connectivity index (χ1) is 20.9. The van der Waals surface area contributed by atoms with E-state index in [1.165, 1.54) is 0 Å². The molecule has 0 aliphatic carbocycles. The van der Waals surface area contributed by atoms with E-state index in [4.69, 9.17) is 28.5 Å². The van der Waals surface area contributed by atoms with Crippen LogP contribution in [0.25, 0.3) is 11.1 Å². The van der Waals surface area contributed by atoms with Crippen LogP contribution in [0.1, 0.15) is 67.9 Å². The van der Waals surface area contributed by atoms with Crippen molar-refractivity contribution in [2.75, 3.05) is 33.0 Å². The number of nitrogens with zero attached hydrogens (tertiary/aromatic N) is 6. The Hall–Kier alpha value is -3.58. The third-order valence-electron chi connectivity index (χ3n) is 5.44. The molecular formula is C32H50N6O6. The van der Waals surface area contributed by atoms with E-state index >= 15 is 0 Å². The Kier molecular flexibility index (Phi) is 18.5. The predicted octanol–water partition coefficient (Wildman–Crippen LogP) is 5.52. The Balaban J connectivity index is 0.000000301. The van der Waals surface area contributed by atoms with Crippen molar-refractivity contribution in [3.8, 4) is 5.88 Å². The van der Waals surface area contributed by atoms with Crippen LogP contribution in [0.5, 0.6) is 5.88 Å². The van der Waals surface area contributed by atoms with E-state index < -0.39 is 6.29 Å². The van der Waals surface area contributed by atoms with E-state index in [0.29, 0.717) is 38.0 Å². The molecule has 4 heterocycles. The summed E-state index contributed by atoms with van der Waals surface area (Å²) >= 11 is 0. The maximum atomic E-state index is 8.54. The van der Waals surface area contributed by atoms with Crippen LogP contribution in [-0.2, 0) is 14.2 Å². The molecule has 12 nitrogen and oxygen atoms in total. The van der Waals surface area contributed by atoms with Gasteiger partial charge in [0.15, 0.2) is 6.29 Å². The van der Waals surface area contributed by atoms with Crippen molar-refractivity contribution >= 4 is 11.1 Å². The first-order valence-electron chi connectivity index (χ1n) is 14.8. The van der Waals surface area contributed by atoms with E-state index in [-0.39, 0.29) is 12.7 Å². The Bertz CT molecular complexity index is 1290. The minimum atomic E-state index is -0.431. The molecule has 0 aliphatic heterocycles. The number of ether oxygens (including phenoxy) is 4. The Morgan fingerprint density at radius 1 is 0.705 bits per heavy atom. The number of aliphatic hydroxyl groups excluding tert-OH is 1. The molecule has 1 N–H and O–H groups in total. The second-order valence-electron chi connectivity index (χ2n) is 9.69. The van der Waals surface area contributed by atoms with Crippen LogP contribution in [0.3, 0.4) is 0 Å². The fraction of sp³-hybridized carbons (Fsp3) is 0.562. The number of hydrogen-bond donors (Lipinski definition) is 1. The minimum Gasteiger partial charge on any atom is -0.475 e. The zero-order valence-electron chi connectivity index (χ0n) is 28.2. The molecule has 0 saturated carbocycles. The molecule has 0 fully saturated rings. The molecule has 4 rings (SSSR count). The first-order valence-corrected chi connectivity index (χ1v) is 14.8. The van der Waals surface area contributed by atoms with Gasteiger partial charge in [-0.1, -0.05) is 0 Å². The minimum absolute atomic E-state index is 0.0678. The number of aromatic nitrogens is 6. The van der Waals surface area contributed by atoms with Gasteiger partial charge in [0.05, 0.1) is 30.1 Å². The average molecular weight is 615 g/mol. The van der Waals surface area contributed by atoms with Crippen LogP contribution in [0.15, 0.2) is 28.9 Å². The number of fused-ring (bicyclic) bond motifs is 1. The first kappa shape index (κ1) is 38.4. The number of rotatable bonds is 10. The quantitative estimate of drug-likeness (QED) is 0.224. The van der Waals surface area contributed by atoms with Gasteiger partial charge in [-0.05, 0) is 88.3 Å². The van der Waals surface area contributed by atoms with Crippen molar-refractivity contribution < 1.29 is 28.5 Å². The molecule has 0 spiro atoms. The summed E-state index contributed by atoms with van der Waals surface area (Å²) in [7, 11) is 0. The third kappa shape index (κ3) is 15.8. The van der Waals surface area contributed by atoms with Gasteiger partial charge < -0.3 is 28.5 Å². The van der Waals surface area contributed by atoms with E-state index in [1.54, 1.807) is 6.26 Å². The van der Waals surface area contributed by atoms with E-state index in [9.17, 15) is 0 Å². The summed E-state index contributed by atoms with van der Waals surface area (Å²) < 4.78 is 25.9. The molecule has 244 valence electrons. The summed E-state index contributed by atoms with van der Waals surface area (Å²) in [5.74, 6) is 2.96. The lowest BCUT2D eigenvalue weighted by molar-refractivity contribution is -0.156. The van der Waals surface area contributed by atoms with Crippen molar-refractivity contribution in [3.63, 3.8) is 0 Å². The van der Waals surface area contributed by atoms with Gasteiger partial charge in [-0.3, -0.25) is 0 Å². The molecule has 0 aliphatic rings. The molecule has 4 aromatic rings. The topological polar surface area (TPSA) is 148 Å². The van der Waals surface area contributed by atoms with Crippen molar-refractivity contribution in [3.05, 3.63) is 64.7 Å². The highest BCUT2D eigenvalue weighted by Crippen LogP contribution is 2.15. The molecule has 0 bridgehead atoms. The van der Waals surface area contributed by atoms with E-state index in [1.807, 2.05) is 94.4 Å². The van der Waals surface area contributed by atoms with Gasteiger partial charge in [0.2, 0.25) is 11.6 Å². The number of aryl methyl sites for hydroxylation is 7. The molecular weight excluding hydrogens is 564 g/mol. The maximum absolute atomic E-state index is 8.54.